The lowest BCUT2D eigenvalue weighted by Gasteiger charge is -2.36. The molecule has 0 amide bonds. The van der Waals surface area contributed by atoms with Crippen LogP contribution in [0.1, 0.15) is 29.6 Å². The fraction of sp³-hybridized carbons (Fsp3) is 0.290. The van der Waals surface area contributed by atoms with Gasteiger partial charge in [-0.2, -0.15) is 0 Å². The number of fused-ring (bicyclic) bond motifs is 1. The van der Waals surface area contributed by atoms with Crippen LogP contribution in [0.25, 0.3) is 11.1 Å². The first kappa shape index (κ1) is 26.2. The molecule has 3 atom stereocenters. The number of carbonyl (C=O) groups excluding carboxylic acids is 2. The van der Waals surface area contributed by atoms with E-state index in [0.29, 0.717) is 42.3 Å². The highest BCUT2D eigenvalue weighted by atomic mass is 16.6. The van der Waals surface area contributed by atoms with Gasteiger partial charge in [0.05, 0.1) is 32.8 Å². The lowest BCUT2D eigenvalue weighted by atomic mass is 9.80. The van der Waals surface area contributed by atoms with E-state index >= 15 is 0 Å². The van der Waals surface area contributed by atoms with E-state index in [1.54, 1.807) is 12.1 Å². The van der Waals surface area contributed by atoms with E-state index in [2.05, 4.69) is 0 Å². The maximum atomic E-state index is 13.2. The van der Waals surface area contributed by atoms with Gasteiger partial charge in [0, 0.05) is 6.42 Å². The summed E-state index contributed by atoms with van der Waals surface area (Å²) in [5.74, 6) is 0.877. The molecule has 1 heterocycles. The Morgan fingerprint density at radius 2 is 1.51 bits per heavy atom. The molecule has 0 spiro atoms. The predicted octanol–water partition coefficient (Wildman–Crippen LogP) is 5.59. The van der Waals surface area contributed by atoms with Gasteiger partial charge < -0.3 is 28.4 Å². The number of carbonyl (C=O) groups is 2. The maximum absolute atomic E-state index is 13.2. The molecule has 1 saturated carbocycles. The van der Waals surface area contributed by atoms with Crippen molar-refractivity contribution in [2.45, 2.75) is 31.5 Å². The van der Waals surface area contributed by atoms with Crippen LogP contribution in [0.15, 0.2) is 78.8 Å². The van der Waals surface area contributed by atoms with Gasteiger partial charge in [0.15, 0.2) is 11.5 Å². The number of ketones is 1. The fourth-order valence-electron chi connectivity index (χ4n) is 5.01. The van der Waals surface area contributed by atoms with Crippen LogP contribution in [0.5, 0.6) is 23.0 Å². The van der Waals surface area contributed by atoms with Crippen molar-refractivity contribution in [3.05, 3.63) is 84.3 Å². The monoisotopic (exact) mass is 530 g/mol. The second-order valence-electron chi connectivity index (χ2n) is 9.37. The average molecular weight is 531 g/mol. The van der Waals surface area contributed by atoms with Crippen molar-refractivity contribution in [1.82, 2.24) is 0 Å². The number of ether oxygens (including phenoxy) is 6. The number of esters is 1. The van der Waals surface area contributed by atoms with E-state index in [-0.39, 0.29) is 23.0 Å². The molecule has 1 aliphatic heterocycles. The zero-order valence-corrected chi connectivity index (χ0v) is 22.0. The molecule has 0 bridgehead atoms. The molecule has 0 N–H and O–H groups in total. The molecule has 1 aliphatic carbocycles. The molecule has 0 aromatic heterocycles. The molecule has 1 fully saturated rings. The third kappa shape index (κ3) is 5.55. The van der Waals surface area contributed by atoms with Crippen molar-refractivity contribution in [2.75, 3.05) is 21.3 Å². The Hall–Kier alpha value is -4.46. The summed E-state index contributed by atoms with van der Waals surface area (Å²) in [6.45, 7) is 0. The van der Waals surface area contributed by atoms with Crippen molar-refractivity contribution < 1.29 is 38.0 Å². The zero-order valence-electron chi connectivity index (χ0n) is 22.0. The zero-order chi connectivity index (χ0) is 27.4. The van der Waals surface area contributed by atoms with Crippen LogP contribution in [0, 0.1) is 5.92 Å². The first-order valence-electron chi connectivity index (χ1n) is 12.7. The van der Waals surface area contributed by atoms with Crippen LogP contribution in [-0.4, -0.2) is 45.3 Å². The quantitative estimate of drug-likeness (QED) is 0.348. The second-order valence-corrected chi connectivity index (χ2v) is 9.37. The van der Waals surface area contributed by atoms with E-state index in [1.165, 1.54) is 27.6 Å². The van der Waals surface area contributed by atoms with Crippen LogP contribution in [0.4, 0.5) is 0 Å². The number of hydrogen-bond acceptors (Lipinski definition) is 8. The lowest BCUT2D eigenvalue weighted by Crippen LogP contribution is -2.43. The van der Waals surface area contributed by atoms with Gasteiger partial charge in [0.1, 0.15) is 24.2 Å². The van der Waals surface area contributed by atoms with Crippen LogP contribution in [0.3, 0.4) is 0 Å². The van der Waals surface area contributed by atoms with E-state index in [0.717, 1.165) is 11.1 Å². The molecule has 3 aromatic carbocycles. The van der Waals surface area contributed by atoms with Crippen molar-refractivity contribution in [2.24, 2.45) is 5.92 Å². The molecule has 5 rings (SSSR count). The SMILES string of the molecule is COc1cc(C(=O)OC2CCC3C(=O)C(Oc4ccc(-c5ccccc5)cc4)=COC3C2)cc(OC)c1OC. The summed E-state index contributed by atoms with van der Waals surface area (Å²) in [7, 11) is 4.46. The Labute approximate surface area is 227 Å². The minimum absolute atomic E-state index is 0.104. The first-order valence-corrected chi connectivity index (χ1v) is 12.7. The molecular formula is C31H30O8. The summed E-state index contributed by atoms with van der Waals surface area (Å²) in [4.78, 5) is 26.1. The number of allylic oxidation sites excluding steroid dienone is 1. The molecule has 2 aliphatic rings. The predicted molar refractivity (Wildman–Crippen MR) is 143 cm³/mol. The van der Waals surface area contributed by atoms with Gasteiger partial charge in [-0.05, 0) is 48.2 Å². The third-order valence-electron chi connectivity index (χ3n) is 7.04. The van der Waals surface area contributed by atoms with Gasteiger partial charge in [-0.15, -0.1) is 0 Å². The van der Waals surface area contributed by atoms with Crippen LogP contribution in [-0.2, 0) is 14.3 Å². The van der Waals surface area contributed by atoms with Gasteiger partial charge in [-0.1, -0.05) is 42.5 Å². The van der Waals surface area contributed by atoms with Gasteiger partial charge in [0.2, 0.25) is 17.3 Å². The minimum atomic E-state index is -0.515. The standard InChI is InChI=1S/C31H30O8/c1-34-26-15-21(16-27(35-2)30(26)36-3)31(33)39-23-13-14-24-25(17-23)37-18-28(29(24)32)38-22-11-9-20(10-12-22)19-7-5-4-6-8-19/h4-12,15-16,18,23-25H,13-14,17H2,1-3H3. The van der Waals surface area contributed by atoms with Gasteiger partial charge in [-0.25, -0.2) is 4.79 Å². The smallest absolute Gasteiger partial charge is 0.338 e. The molecule has 8 nitrogen and oxygen atoms in total. The highest BCUT2D eigenvalue weighted by molar-refractivity contribution is 5.96. The summed E-state index contributed by atoms with van der Waals surface area (Å²) in [5.41, 5.74) is 2.44. The van der Waals surface area contributed by atoms with E-state index in [1.807, 2.05) is 54.6 Å². The number of hydrogen-bond donors (Lipinski definition) is 0. The average Bonchev–Trinajstić information content (AvgIpc) is 2.98. The number of methoxy groups -OCH3 is 3. The second kappa shape index (κ2) is 11.5. The molecule has 3 aromatic rings. The van der Waals surface area contributed by atoms with Crippen molar-refractivity contribution in [3.8, 4) is 34.1 Å². The Kier molecular flexibility index (Phi) is 7.72. The molecular weight excluding hydrogens is 500 g/mol. The summed E-state index contributed by atoms with van der Waals surface area (Å²) >= 11 is 0. The van der Waals surface area contributed by atoms with E-state index in [4.69, 9.17) is 28.4 Å². The summed E-state index contributed by atoms with van der Waals surface area (Å²) in [6, 6.07) is 20.7. The van der Waals surface area contributed by atoms with E-state index in [9.17, 15) is 9.59 Å². The summed E-state index contributed by atoms with van der Waals surface area (Å²) in [5, 5.41) is 0. The minimum Gasteiger partial charge on any atom is -0.493 e. The largest absolute Gasteiger partial charge is 0.493 e. The topological polar surface area (TPSA) is 89.5 Å². The lowest BCUT2D eigenvalue weighted by molar-refractivity contribution is -0.132. The van der Waals surface area contributed by atoms with E-state index < -0.39 is 18.2 Å². The normalized spacial score (nSPS) is 20.1. The number of benzene rings is 3. The van der Waals surface area contributed by atoms with Crippen LogP contribution < -0.4 is 18.9 Å². The van der Waals surface area contributed by atoms with Crippen LogP contribution >= 0.6 is 0 Å². The Balaban J connectivity index is 1.21. The molecule has 0 saturated heterocycles. The Morgan fingerprint density at radius 1 is 0.846 bits per heavy atom. The Morgan fingerprint density at radius 3 is 2.15 bits per heavy atom. The molecule has 0 radical (unpaired) electrons. The summed E-state index contributed by atoms with van der Waals surface area (Å²) < 4.78 is 33.5. The Bertz CT molecular complexity index is 1340. The maximum Gasteiger partial charge on any atom is 0.338 e. The number of rotatable bonds is 8. The van der Waals surface area contributed by atoms with Crippen molar-refractivity contribution in [1.29, 1.82) is 0 Å². The highest BCUT2D eigenvalue weighted by Gasteiger charge is 2.42. The molecule has 3 unspecified atom stereocenters. The molecule has 202 valence electrons. The van der Waals surface area contributed by atoms with Gasteiger partial charge in [-0.3, -0.25) is 4.79 Å². The van der Waals surface area contributed by atoms with Crippen LogP contribution in [0.2, 0.25) is 0 Å². The number of Topliss-reactive ketones (excluding diaryl/α,β-unsaturated/α-hetero) is 1. The molecule has 8 heteroatoms. The van der Waals surface area contributed by atoms with Crippen molar-refractivity contribution >= 4 is 11.8 Å². The first-order chi connectivity index (χ1) is 19.0. The third-order valence-corrected chi connectivity index (χ3v) is 7.04. The molecule has 39 heavy (non-hydrogen) atoms. The fourth-order valence-corrected chi connectivity index (χ4v) is 5.01. The van der Waals surface area contributed by atoms with Gasteiger partial charge in [0.25, 0.3) is 0 Å². The van der Waals surface area contributed by atoms with Crippen molar-refractivity contribution in [3.63, 3.8) is 0 Å². The highest BCUT2D eigenvalue weighted by Crippen LogP contribution is 2.39. The summed E-state index contributed by atoms with van der Waals surface area (Å²) in [6.07, 6.45) is 2.04. The van der Waals surface area contributed by atoms with Gasteiger partial charge >= 0.3 is 5.97 Å².